The van der Waals surface area contributed by atoms with Gasteiger partial charge in [-0.1, -0.05) is 0 Å². The molecule has 1 amide bonds. The van der Waals surface area contributed by atoms with Crippen molar-refractivity contribution in [2.24, 2.45) is 0 Å². The van der Waals surface area contributed by atoms with E-state index >= 15 is 0 Å². The van der Waals surface area contributed by atoms with Crippen LogP contribution in [0.3, 0.4) is 0 Å². The molecule has 1 saturated heterocycles. The zero-order valence-corrected chi connectivity index (χ0v) is 16.4. The Kier molecular flexibility index (Phi) is 5.64. The molecule has 0 atom stereocenters. The third kappa shape index (κ3) is 4.25. The number of methoxy groups -OCH3 is 1. The standard InChI is InChI=1S/C18H22N2O4S2/c1-13-3-8-17(25-13)18(21)20-11-9-14(10-12-20)19-26(22,23)16-6-4-15(24-2)5-7-16/h3-8,14,19H,9-12H2,1-2H3. The Morgan fingerprint density at radius 3 is 2.35 bits per heavy atom. The molecule has 26 heavy (non-hydrogen) atoms. The van der Waals surface area contributed by atoms with E-state index in [0.29, 0.717) is 31.7 Å². The zero-order valence-electron chi connectivity index (χ0n) is 14.8. The maximum Gasteiger partial charge on any atom is 0.263 e. The predicted molar refractivity (Wildman–Crippen MR) is 101 cm³/mol. The number of carbonyl (C=O) groups excluding carboxylic acids is 1. The molecule has 3 rings (SSSR count). The SMILES string of the molecule is COc1ccc(S(=O)(=O)NC2CCN(C(=O)c3ccc(C)s3)CC2)cc1. The minimum Gasteiger partial charge on any atom is -0.497 e. The Labute approximate surface area is 157 Å². The second-order valence-corrected chi connectivity index (χ2v) is 9.28. The van der Waals surface area contributed by atoms with E-state index in [1.165, 1.54) is 30.6 Å². The van der Waals surface area contributed by atoms with Crippen LogP contribution in [0.15, 0.2) is 41.3 Å². The molecule has 2 aromatic rings. The van der Waals surface area contributed by atoms with Crippen LogP contribution < -0.4 is 9.46 Å². The summed E-state index contributed by atoms with van der Waals surface area (Å²) < 4.78 is 32.8. The number of thiophene rings is 1. The van der Waals surface area contributed by atoms with Crippen molar-refractivity contribution in [3.05, 3.63) is 46.2 Å². The first-order valence-electron chi connectivity index (χ1n) is 8.41. The van der Waals surface area contributed by atoms with E-state index in [1.54, 1.807) is 17.0 Å². The highest BCUT2D eigenvalue weighted by atomic mass is 32.2. The predicted octanol–water partition coefficient (Wildman–Crippen LogP) is 2.65. The Morgan fingerprint density at radius 2 is 1.81 bits per heavy atom. The van der Waals surface area contributed by atoms with Crippen LogP contribution in [-0.2, 0) is 10.0 Å². The van der Waals surface area contributed by atoms with E-state index in [9.17, 15) is 13.2 Å². The largest absolute Gasteiger partial charge is 0.497 e. The number of hydrogen-bond acceptors (Lipinski definition) is 5. The third-order valence-electron chi connectivity index (χ3n) is 4.42. The molecule has 1 aliphatic heterocycles. The molecule has 1 fully saturated rings. The van der Waals surface area contributed by atoms with Crippen LogP contribution in [0.2, 0.25) is 0 Å². The average Bonchev–Trinajstić information content (AvgIpc) is 3.08. The topological polar surface area (TPSA) is 75.7 Å². The van der Waals surface area contributed by atoms with Crippen molar-refractivity contribution >= 4 is 27.3 Å². The highest BCUT2D eigenvalue weighted by Gasteiger charge is 2.27. The minimum absolute atomic E-state index is 0.0274. The monoisotopic (exact) mass is 394 g/mol. The highest BCUT2D eigenvalue weighted by molar-refractivity contribution is 7.89. The Bertz CT molecular complexity index is 867. The van der Waals surface area contributed by atoms with E-state index < -0.39 is 10.0 Å². The molecule has 1 N–H and O–H groups in total. The highest BCUT2D eigenvalue weighted by Crippen LogP contribution is 2.21. The second kappa shape index (κ2) is 7.77. The molecule has 0 aliphatic carbocycles. The molecule has 0 unspecified atom stereocenters. The summed E-state index contributed by atoms with van der Waals surface area (Å²) in [5, 5.41) is 0. The summed E-state index contributed by atoms with van der Waals surface area (Å²) in [5.41, 5.74) is 0. The number of nitrogens with one attached hydrogen (secondary N) is 1. The molecular weight excluding hydrogens is 372 g/mol. The fraction of sp³-hybridized carbons (Fsp3) is 0.389. The number of amides is 1. The molecule has 1 aliphatic rings. The van der Waals surface area contributed by atoms with Crippen molar-refractivity contribution in [1.82, 2.24) is 9.62 Å². The van der Waals surface area contributed by atoms with Gasteiger partial charge in [-0.05, 0) is 56.2 Å². The van der Waals surface area contributed by atoms with E-state index in [1.807, 2.05) is 19.1 Å². The van der Waals surface area contributed by atoms with Gasteiger partial charge in [-0.15, -0.1) is 11.3 Å². The fourth-order valence-electron chi connectivity index (χ4n) is 2.95. The first kappa shape index (κ1) is 18.9. The van der Waals surface area contributed by atoms with Gasteiger partial charge in [0.1, 0.15) is 5.75 Å². The molecule has 0 saturated carbocycles. The molecule has 1 aromatic heterocycles. The van der Waals surface area contributed by atoms with Gasteiger partial charge in [-0.3, -0.25) is 4.79 Å². The van der Waals surface area contributed by atoms with Gasteiger partial charge in [0.15, 0.2) is 0 Å². The molecule has 0 spiro atoms. The number of nitrogens with zero attached hydrogens (tertiary/aromatic N) is 1. The van der Waals surface area contributed by atoms with Crippen molar-refractivity contribution in [2.75, 3.05) is 20.2 Å². The Hall–Kier alpha value is -1.90. The molecule has 140 valence electrons. The van der Waals surface area contributed by atoms with Crippen LogP contribution in [0.4, 0.5) is 0 Å². The molecule has 0 radical (unpaired) electrons. The van der Waals surface area contributed by atoms with Crippen LogP contribution in [0.5, 0.6) is 5.75 Å². The smallest absolute Gasteiger partial charge is 0.263 e. The Balaban J connectivity index is 1.58. The molecule has 8 heteroatoms. The lowest BCUT2D eigenvalue weighted by Gasteiger charge is -2.32. The summed E-state index contributed by atoms with van der Waals surface area (Å²) in [7, 11) is -2.04. The number of hydrogen-bond donors (Lipinski definition) is 1. The Morgan fingerprint density at radius 1 is 1.15 bits per heavy atom. The van der Waals surface area contributed by atoms with Gasteiger partial charge >= 0.3 is 0 Å². The first-order valence-corrected chi connectivity index (χ1v) is 10.7. The lowest BCUT2D eigenvalue weighted by molar-refractivity contribution is 0.0716. The van der Waals surface area contributed by atoms with E-state index in [4.69, 9.17) is 4.74 Å². The number of carbonyl (C=O) groups is 1. The van der Waals surface area contributed by atoms with Crippen LogP contribution in [-0.4, -0.2) is 45.5 Å². The number of rotatable bonds is 5. The summed E-state index contributed by atoms with van der Waals surface area (Å²) in [6.45, 7) is 3.07. The van der Waals surface area contributed by atoms with Gasteiger partial charge in [-0.25, -0.2) is 13.1 Å². The summed E-state index contributed by atoms with van der Waals surface area (Å²) in [5.74, 6) is 0.638. The van der Waals surface area contributed by atoms with Gasteiger partial charge in [0.05, 0.1) is 16.9 Å². The number of ether oxygens (including phenoxy) is 1. The average molecular weight is 395 g/mol. The maximum absolute atomic E-state index is 12.5. The van der Waals surface area contributed by atoms with E-state index in [-0.39, 0.29) is 16.8 Å². The van der Waals surface area contributed by atoms with Gasteiger partial charge in [0.2, 0.25) is 10.0 Å². The summed E-state index contributed by atoms with van der Waals surface area (Å²) >= 11 is 1.49. The van der Waals surface area contributed by atoms with Crippen molar-refractivity contribution in [3.8, 4) is 5.75 Å². The van der Waals surface area contributed by atoms with Crippen LogP contribution >= 0.6 is 11.3 Å². The van der Waals surface area contributed by atoms with E-state index in [0.717, 1.165) is 9.75 Å². The lowest BCUT2D eigenvalue weighted by Crippen LogP contribution is -2.46. The number of aryl methyl sites for hydroxylation is 1. The molecule has 0 bridgehead atoms. The first-order chi connectivity index (χ1) is 12.4. The van der Waals surface area contributed by atoms with Crippen LogP contribution in [0.25, 0.3) is 0 Å². The molecule has 1 aromatic carbocycles. The van der Waals surface area contributed by atoms with Crippen molar-refractivity contribution in [2.45, 2.75) is 30.7 Å². The minimum atomic E-state index is -3.58. The van der Waals surface area contributed by atoms with Crippen LogP contribution in [0, 0.1) is 6.92 Å². The molecular formula is C18H22N2O4S2. The fourth-order valence-corrected chi connectivity index (χ4v) is 5.09. The quantitative estimate of drug-likeness (QED) is 0.846. The second-order valence-electron chi connectivity index (χ2n) is 6.27. The van der Waals surface area contributed by atoms with Crippen molar-refractivity contribution in [3.63, 3.8) is 0 Å². The number of sulfonamides is 1. The molecule has 6 nitrogen and oxygen atoms in total. The zero-order chi connectivity index (χ0) is 18.7. The van der Waals surface area contributed by atoms with E-state index in [2.05, 4.69) is 4.72 Å². The third-order valence-corrected chi connectivity index (χ3v) is 6.95. The lowest BCUT2D eigenvalue weighted by atomic mass is 10.1. The number of piperidine rings is 1. The summed E-state index contributed by atoms with van der Waals surface area (Å²) in [6, 6.07) is 9.92. The van der Waals surface area contributed by atoms with Gasteiger partial charge in [-0.2, -0.15) is 0 Å². The maximum atomic E-state index is 12.5. The summed E-state index contributed by atoms with van der Waals surface area (Å²) in [4.78, 5) is 16.3. The van der Waals surface area contributed by atoms with Gasteiger partial charge in [0.25, 0.3) is 5.91 Å². The van der Waals surface area contributed by atoms with Crippen molar-refractivity contribution < 1.29 is 17.9 Å². The van der Waals surface area contributed by atoms with Crippen molar-refractivity contribution in [1.29, 1.82) is 0 Å². The molecule has 2 heterocycles. The summed E-state index contributed by atoms with van der Waals surface area (Å²) in [6.07, 6.45) is 1.21. The normalized spacial score (nSPS) is 15.8. The van der Waals surface area contributed by atoms with Gasteiger partial charge < -0.3 is 9.64 Å². The number of likely N-dealkylation sites (tertiary alicyclic amines) is 1. The van der Waals surface area contributed by atoms with Gasteiger partial charge in [0, 0.05) is 24.0 Å². The van der Waals surface area contributed by atoms with Crippen LogP contribution in [0.1, 0.15) is 27.4 Å². The number of benzene rings is 1.